The summed E-state index contributed by atoms with van der Waals surface area (Å²) in [5, 5.41) is 13.6. The number of nitrogens with one attached hydrogen (secondary N) is 4. The molecule has 17 heteroatoms. The Labute approximate surface area is 376 Å². The molecule has 342 valence electrons. The molecule has 3 aromatic carbocycles. The molecule has 65 heavy (non-hydrogen) atoms. The van der Waals surface area contributed by atoms with Crippen LogP contribution >= 0.6 is 0 Å². The molecule has 6 atom stereocenters. The van der Waals surface area contributed by atoms with Crippen LogP contribution in [-0.2, 0) is 23.8 Å². The molecule has 0 bridgehead atoms. The highest BCUT2D eigenvalue weighted by Gasteiger charge is 2.41. The highest BCUT2D eigenvalue weighted by Crippen LogP contribution is 2.31. The summed E-state index contributed by atoms with van der Waals surface area (Å²) in [6.07, 6.45) is 2.75. The Morgan fingerprint density at radius 2 is 1.37 bits per heavy atom. The number of carbonyl (C=O) groups is 4. The van der Waals surface area contributed by atoms with Crippen molar-refractivity contribution in [3.05, 3.63) is 93.6 Å². The van der Waals surface area contributed by atoms with Crippen molar-refractivity contribution in [2.24, 2.45) is 15.9 Å². The lowest BCUT2D eigenvalue weighted by Gasteiger charge is -2.31. The zero-order valence-electron chi connectivity index (χ0n) is 36.9. The van der Waals surface area contributed by atoms with Gasteiger partial charge < -0.3 is 49.7 Å². The molecule has 3 saturated heterocycles. The van der Waals surface area contributed by atoms with E-state index in [1.165, 1.54) is 7.11 Å². The Balaban J connectivity index is 0.862. The number of amides is 4. The number of rotatable bonds is 11. The third-order valence-electron chi connectivity index (χ3n) is 13.2. The minimum atomic E-state index is -0.932. The first-order chi connectivity index (χ1) is 31.6. The van der Waals surface area contributed by atoms with Crippen LogP contribution in [0.2, 0.25) is 0 Å². The summed E-state index contributed by atoms with van der Waals surface area (Å²) in [7, 11) is 1.28. The van der Waals surface area contributed by atoms with Gasteiger partial charge in [-0.2, -0.15) is 0 Å². The summed E-state index contributed by atoms with van der Waals surface area (Å²) in [6.45, 7) is 6.79. The maximum Gasteiger partial charge on any atom is 0.408 e. The van der Waals surface area contributed by atoms with E-state index in [2.05, 4.69) is 21.3 Å². The average molecular weight is 889 g/mol. The van der Waals surface area contributed by atoms with E-state index < -0.39 is 24.3 Å². The van der Waals surface area contributed by atoms with Gasteiger partial charge in [-0.3, -0.25) is 24.4 Å². The van der Waals surface area contributed by atoms with Crippen LogP contribution < -0.4 is 26.7 Å². The first kappa shape index (κ1) is 43.7. The van der Waals surface area contributed by atoms with Gasteiger partial charge in [0.05, 0.1) is 68.4 Å². The lowest BCUT2D eigenvalue weighted by molar-refractivity contribution is -0.134. The standard InChI is InChI=1S/C48H56N8O9/c1-27(2)40(53-47(60)62-3)45(58)55-19-7-11-36(55)43-49-25-34(51-43)29-14-16-38-33(23-29)42(57)32-15-13-30(24-39(32)65-38)35-26-50-44(52-35)37-12-8-20-56(37)46(59)41(28-9-5-4-6-10-28)54-48(61)64-31-17-21-63-22-18-31/h4-6,9-10,13-16,23-24,27,31,34-37,40-41H,7-8,11-12,17-22,25-26H2,1-3H3,(H,49,51)(H,50,52)(H,53,60)(H,54,61)/t34?,35?,36-,37-,40-,41+/m0/s1. The fourth-order valence-corrected chi connectivity index (χ4v) is 9.73. The number of nitrogens with zero attached hydrogens (tertiary/aromatic N) is 4. The van der Waals surface area contributed by atoms with Crippen LogP contribution in [0.3, 0.4) is 0 Å². The molecular weight excluding hydrogens is 833 g/mol. The van der Waals surface area contributed by atoms with Gasteiger partial charge >= 0.3 is 12.2 Å². The molecule has 0 radical (unpaired) electrons. The number of hydrogen-bond donors (Lipinski definition) is 4. The maximum atomic E-state index is 14.3. The van der Waals surface area contributed by atoms with E-state index in [0.29, 0.717) is 85.6 Å². The molecule has 2 unspecified atom stereocenters. The molecule has 4 amide bonds. The van der Waals surface area contributed by atoms with Gasteiger partial charge in [0.15, 0.2) is 0 Å². The van der Waals surface area contributed by atoms with Crippen molar-refractivity contribution in [1.29, 1.82) is 0 Å². The fraction of sp³-hybridized carbons (Fsp3) is 0.479. The second-order valence-electron chi connectivity index (χ2n) is 17.7. The zero-order valence-corrected chi connectivity index (χ0v) is 36.9. The van der Waals surface area contributed by atoms with Crippen LogP contribution in [0.5, 0.6) is 0 Å². The fourth-order valence-electron chi connectivity index (χ4n) is 9.73. The van der Waals surface area contributed by atoms with Crippen molar-refractivity contribution in [2.45, 2.75) is 94.7 Å². The van der Waals surface area contributed by atoms with Gasteiger partial charge in [-0.1, -0.05) is 56.3 Å². The molecule has 9 rings (SSSR count). The minimum absolute atomic E-state index is 0.138. The predicted molar refractivity (Wildman–Crippen MR) is 243 cm³/mol. The molecule has 0 saturated carbocycles. The van der Waals surface area contributed by atoms with Gasteiger partial charge in [0.1, 0.15) is 41.0 Å². The Bertz CT molecular complexity index is 2570. The van der Waals surface area contributed by atoms with Crippen molar-refractivity contribution >= 4 is 57.6 Å². The van der Waals surface area contributed by atoms with Crippen molar-refractivity contribution in [3.8, 4) is 0 Å². The van der Waals surface area contributed by atoms with E-state index in [0.717, 1.165) is 42.6 Å². The van der Waals surface area contributed by atoms with Crippen LogP contribution in [0.4, 0.5) is 9.59 Å². The van der Waals surface area contributed by atoms with E-state index in [1.54, 1.807) is 15.9 Å². The smallest absolute Gasteiger partial charge is 0.408 e. The van der Waals surface area contributed by atoms with Crippen LogP contribution in [0.15, 0.2) is 85.9 Å². The Hall–Kier alpha value is -6.49. The molecule has 5 aliphatic heterocycles. The van der Waals surface area contributed by atoms with E-state index in [9.17, 15) is 24.0 Å². The van der Waals surface area contributed by atoms with Crippen molar-refractivity contribution in [1.82, 2.24) is 31.1 Å². The molecule has 3 fully saturated rings. The Kier molecular flexibility index (Phi) is 12.7. The van der Waals surface area contributed by atoms with E-state index in [4.69, 9.17) is 28.6 Å². The number of ether oxygens (including phenoxy) is 3. The predicted octanol–water partition coefficient (Wildman–Crippen LogP) is 5.04. The number of amidine groups is 2. The van der Waals surface area contributed by atoms with Gasteiger partial charge in [-0.05, 0) is 72.6 Å². The lowest BCUT2D eigenvalue weighted by Crippen LogP contribution is -2.54. The largest absolute Gasteiger partial charge is 0.456 e. The molecule has 0 aliphatic carbocycles. The van der Waals surface area contributed by atoms with Crippen molar-refractivity contribution in [3.63, 3.8) is 0 Å². The molecule has 4 N–H and O–H groups in total. The number of alkyl carbamates (subject to hydrolysis) is 2. The third kappa shape index (κ3) is 9.10. The Morgan fingerprint density at radius 1 is 0.738 bits per heavy atom. The zero-order chi connectivity index (χ0) is 45.2. The SMILES string of the molecule is COC(=O)N[C@H](C(=O)N1CCC[C@H]1C1=NCC(c2ccc3oc4cc(C5CN=C([C@@H]6CCCN6C(=O)[C@H](NC(=O)OC6CCOCC6)c6ccccc6)N5)ccc4c(=O)c3c2)N1)C(C)C. The quantitative estimate of drug-likeness (QED) is 0.147. The second-order valence-corrected chi connectivity index (χ2v) is 17.7. The highest BCUT2D eigenvalue weighted by atomic mass is 16.6. The minimum Gasteiger partial charge on any atom is -0.456 e. The van der Waals surface area contributed by atoms with Crippen molar-refractivity contribution < 1.29 is 37.8 Å². The molecular formula is C48H56N8O9. The topological polar surface area (TPSA) is 205 Å². The highest BCUT2D eigenvalue weighted by molar-refractivity contribution is 5.97. The maximum absolute atomic E-state index is 14.3. The Morgan fingerprint density at radius 3 is 2.02 bits per heavy atom. The van der Waals surface area contributed by atoms with E-state index in [-0.39, 0.29) is 53.4 Å². The molecule has 17 nitrogen and oxygen atoms in total. The second kappa shape index (κ2) is 18.9. The van der Waals surface area contributed by atoms with E-state index >= 15 is 0 Å². The van der Waals surface area contributed by atoms with E-state index in [1.807, 2.05) is 74.5 Å². The number of aliphatic imine (C=N–C) groups is 2. The van der Waals surface area contributed by atoms with Gasteiger partial charge in [0, 0.05) is 25.9 Å². The van der Waals surface area contributed by atoms with Crippen LogP contribution in [-0.4, -0.2) is 116 Å². The van der Waals surface area contributed by atoms with Crippen LogP contribution in [0.25, 0.3) is 21.9 Å². The molecule has 1 aromatic heterocycles. The first-order valence-corrected chi connectivity index (χ1v) is 22.7. The number of fused-ring (bicyclic) bond motifs is 2. The summed E-state index contributed by atoms with van der Waals surface area (Å²) in [6, 6.07) is 17.8. The normalized spacial score (nSPS) is 23.1. The number of hydrogen-bond acceptors (Lipinski definition) is 13. The van der Waals surface area contributed by atoms with Gasteiger partial charge in [0.25, 0.3) is 5.91 Å². The molecule has 4 aromatic rings. The monoisotopic (exact) mass is 888 g/mol. The summed E-state index contributed by atoms with van der Waals surface area (Å²) < 4.78 is 22.2. The lowest BCUT2D eigenvalue weighted by atomic mass is 10.0. The number of likely N-dealkylation sites (tertiary alicyclic amines) is 2. The molecule has 6 heterocycles. The summed E-state index contributed by atoms with van der Waals surface area (Å²) in [4.78, 5) is 80.5. The van der Waals surface area contributed by atoms with Gasteiger partial charge in [-0.15, -0.1) is 0 Å². The number of methoxy groups -OCH3 is 1. The molecule has 5 aliphatic rings. The van der Waals surface area contributed by atoms with Crippen LogP contribution in [0.1, 0.15) is 87.2 Å². The van der Waals surface area contributed by atoms with Crippen molar-refractivity contribution in [2.75, 3.05) is 46.5 Å². The third-order valence-corrected chi connectivity index (χ3v) is 13.2. The number of benzene rings is 3. The number of carbonyl (C=O) groups excluding carboxylic acids is 4. The average Bonchev–Trinajstić information content (AvgIpc) is 4.17. The van der Waals surface area contributed by atoms with Crippen LogP contribution in [0, 0.1) is 5.92 Å². The molecule has 0 spiro atoms. The first-order valence-electron chi connectivity index (χ1n) is 22.7. The van der Waals surface area contributed by atoms with Gasteiger partial charge in [0.2, 0.25) is 11.3 Å². The summed E-state index contributed by atoms with van der Waals surface area (Å²) in [5.74, 6) is 0.891. The summed E-state index contributed by atoms with van der Waals surface area (Å²) >= 11 is 0. The van der Waals surface area contributed by atoms with Gasteiger partial charge in [-0.25, -0.2) is 9.59 Å². The summed E-state index contributed by atoms with van der Waals surface area (Å²) in [5.41, 5.74) is 3.22.